The van der Waals surface area contributed by atoms with Crippen molar-refractivity contribution in [2.45, 2.75) is 24.4 Å². The topological polar surface area (TPSA) is 49.4 Å². The van der Waals surface area contributed by atoms with Gasteiger partial charge in [-0.15, -0.1) is 0 Å². The molecule has 2 aromatic carbocycles. The predicted molar refractivity (Wildman–Crippen MR) is 99.0 cm³/mol. The SMILES string of the molecule is CC(NCc1ccc(Cl)cc1Cl)c1ccc(S(=O)(=O)N(C)C)cc1. The summed E-state index contributed by atoms with van der Waals surface area (Å²) in [4.78, 5) is 0.282. The Hall–Kier alpha value is -1.11. The first-order chi connectivity index (χ1) is 11.2. The van der Waals surface area contributed by atoms with Crippen LogP contribution in [0.1, 0.15) is 24.1 Å². The number of sulfonamides is 1. The van der Waals surface area contributed by atoms with E-state index in [2.05, 4.69) is 5.32 Å². The summed E-state index contributed by atoms with van der Waals surface area (Å²) < 4.78 is 25.3. The Balaban J connectivity index is 2.06. The molecule has 0 amide bonds. The molecule has 0 radical (unpaired) electrons. The van der Waals surface area contributed by atoms with E-state index in [0.29, 0.717) is 16.6 Å². The second kappa shape index (κ2) is 7.85. The van der Waals surface area contributed by atoms with Crippen molar-refractivity contribution in [3.8, 4) is 0 Å². The van der Waals surface area contributed by atoms with Crippen LogP contribution in [0.25, 0.3) is 0 Å². The molecule has 1 unspecified atom stereocenters. The average molecular weight is 387 g/mol. The summed E-state index contributed by atoms with van der Waals surface area (Å²) in [5.74, 6) is 0. The van der Waals surface area contributed by atoms with Gasteiger partial charge in [0.25, 0.3) is 0 Å². The van der Waals surface area contributed by atoms with Crippen molar-refractivity contribution in [3.63, 3.8) is 0 Å². The highest BCUT2D eigenvalue weighted by atomic mass is 35.5. The van der Waals surface area contributed by atoms with Gasteiger partial charge in [0.15, 0.2) is 0 Å². The van der Waals surface area contributed by atoms with E-state index in [1.54, 1.807) is 24.3 Å². The number of nitrogens with zero attached hydrogens (tertiary/aromatic N) is 1. The minimum Gasteiger partial charge on any atom is -0.306 e. The molecule has 0 saturated carbocycles. The zero-order valence-corrected chi connectivity index (χ0v) is 16.1. The van der Waals surface area contributed by atoms with Gasteiger partial charge in [-0.3, -0.25) is 0 Å². The van der Waals surface area contributed by atoms with Crippen molar-refractivity contribution in [2.24, 2.45) is 0 Å². The second-order valence-electron chi connectivity index (χ2n) is 5.69. The van der Waals surface area contributed by atoms with Crippen LogP contribution < -0.4 is 5.32 Å². The molecule has 4 nitrogen and oxygen atoms in total. The summed E-state index contributed by atoms with van der Waals surface area (Å²) in [7, 11) is -0.367. The number of hydrogen-bond acceptors (Lipinski definition) is 3. The zero-order chi connectivity index (χ0) is 17.9. The van der Waals surface area contributed by atoms with Crippen LogP contribution in [0.15, 0.2) is 47.4 Å². The Morgan fingerprint density at radius 2 is 1.71 bits per heavy atom. The van der Waals surface area contributed by atoms with Gasteiger partial charge in [0, 0.05) is 36.7 Å². The van der Waals surface area contributed by atoms with E-state index in [1.165, 1.54) is 18.4 Å². The fourth-order valence-corrected chi connectivity index (χ4v) is 3.56. The molecule has 0 fully saturated rings. The highest BCUT2D eigenvalue weighted by Crippen LogP contribution is 2.22. The Labute approximate surface area is 153 Å². The highest BCUT2D eigenvalue weighted by molar-refractivity contribution is 7.89. The summed E-state index contributed by atoms with van der Waals surface area (Å²) >= 11 is 12.1. The quantitative estimate of drug-likeness (QED) is 0.812. The molecule has 7 heteroatoms. The summed E-state index contributed by atoms with van der Waals surface area (Å²) in [6.07, 6.45) is 0. The molecule has 0 saturated heterocycles. The Morgan fingerprint density at radius 1 is 1.08 bits per heavy atom. The monoisotopic (exact) mass is 386 g/mol. The fourth-order valence-electron chi connectivity index (χ4n) is 2.19. The third-order valence-corrected chi connectivity index (χ3v) is 6.19. The van der Waals surface area contributed by atoms with Crippen molar-refractivity contribution in [1.29, 1.82) is 0 Å². The third-order valence-electron chi connectivity index (χ3n) is 3.77. The molecule has 2 aromatic rings. The third kappa shape index (κ3) is 4.49. The lowest BCUT2D eigenvalue weighted by atomic mass is 10.1. The van der Waals surface area contributed by atoms with Gasteiger partial charge in [-0.25, -0.2) is 12.7 Å². The minimum atomic E-state index is -3.40. The minimum absolute atomic E-state index is 0.0489. The van der Waals surface area contributed by atoms with Crippen molar-refractivity contribution >= 4 is 33.2 Å². The van der Waals surface area contributed by atoms with E-state index in [9.17, 15) is 8.42 Å². The normalized spacial score (nSPS) is 13.2. The van der Waals surface area contributed by atoms with E-state index in [1.807, 2.05) is 25.1 Å². The van der Waals surface area contributed by atoms with Crippen LogP contribution in [-0.4, -0.2) is 26.8 Å². The average Bonchev–Trinajstić information content (AvgIpc) is 2.53. The van der Waals surface area contributed by atoms with Crippen LogP contribution in [0.4, 0.5) is 0 Å². The molecule has 0 aromatic heterocycles. The van der Waals surface area contributed by atoms with Crippen LogP contribution >= 0.6 is 23.2 Å². The standard InChI is InChI=1S/C17H20Cl2N2O2S/c1-12(20-11-14-4-7-15(18)10-17(14)19)13-5-8-16(9-6-13)24(22,23)21(2)3/h4-10,12,20H,11H2,1-3H3. The van der Waals surface area contributed by atoms with Crippen LogP contribution in [0.2, 0.25) is 10.0 Å². The van der Waals surface area contributed by atoms with Crippen molar-refractivity contribution in [3.05, 3.63) is 63.6 Å². The van der Waals surface area contributed by atoms with Crippen molar-refractivity contribution in [1.82, 2.24) is 9.62 Å². The van der Waals surface area contributed by atoms with Gasteiger partial charge in [-0.2, -0.15) is 0 Å². The molecule has 0 aliphatic rings. The van der Waals surface area contributed by atoms with E-state index in [-0.39, 0.29) is 10.9 Å². The lowest BCUT2D eigenvalue weighted by Gasteiger charge is -2.16. The van der Waals surface area contributed by atoms with Gasteiger partial charge in [0.05, 0.1) is 4.90 Å². The predicted octanol–water partition coefficient (Wildman–Crippen LogP) is 4.09. The first-order valence-corrected chi connectivity index (χ1v) is 9.61. The molecule has 130 valence electrons. The lowest BCUT2D eigenvalue weighted by Crippen LogP contribution is -2.22. The van der Waals surface area contributed by atoms with E-state index >= 15 is 0 Å². The summed E-state index contributed by atoms with van der Waals surface area (Å²) in [5, 5.41) is 4.60. The summed E-state index contributed by atoms with van der Waals surface area (Å²) in [6.45, 7) is 2.61. The summed E-state index contributed by atoms with van der Waals surface area (Å²) in [6, 6.07) is 12.3. The fraction of sp³-hybridized carbons (Fsp3) is 0.294. The number of hydrogen-bond donors (Lipinski definition) is 1. The van der Waals surface area contributed by atoms with E-state index in [4.69, 9.17) is 23.2 Å². The smallest absolute Gasteiger partial charge is 0.242 e. The van der Waals surface area contributed by atoms with E-state index < -0.39 is 10.0 Å². The van der Waals surface area contributed by atoms with Crippen LogP contribution in [0, 0.1) is 0 Å². The van der Waals surface area contributed by atoms with Crippen LogP contribution in [0.5, 0.6) is 0 Å². The van der Waals surface area contributed by atoms with Crippen LogP contribution in [-0.2, 0) is 16.6 Å². The maximum absolute atomic E-state index is 12.1. The van der Waals surface area contributed by atoms with Gasteiger partial charge >= 0.3 is 0 Å². The van der Waals surface area contributed by atoms with Gasteiger partial charge in [0.2, 0.25) is 10.0 Å². The Kier molecular flexibility index (Phi) is 6.28. The second-order valence-corrected chi connectivity index (χ2v) is 8.69. The van der Waals surface area contributed by atoms with Crippen molar-refractivity contribution in [2.75, 3.05) is 14.1 Å². The van der Waals surface area contributed by atoms with Gasteiger partial charge in [-0.05, 0) is 42.3 Å². The van der Waals surface area contributed by atoms with Gasteiger partial charge in [0.1, 0.15) is 0 Å². The maximum atomic E-state index is 12.1. The lowest BCUT2D eigenvalue weighted by molar-refractivity contribution is 0.520. The Morgan fingerprint density at radius 3 is 2.25 bits per heavy atom. The molecule has 0 spiro atoms. The molecule has 2 rings (SSSR count). The number of benzene rings is 2. The number of nitrogens with one attached hydrogen (secondary N) is 1. The van der Waals surface area contributed by atoms with Gasteiger partial charge < -0.3 is 5.32 Å². The van der Waals surface area contributed by atoms with Crippen molar-refractivity contribution < 1.29 is 8.42 Å². The maximum Gasteiger partial charge on any atom is 0.242 e. The molecule has 1 atom stereocenters. The molecule has 0 bridgehead atoms. The van der Waals surface area contributed by atoms with Crippen LogP contribution in [0.3, 0.4) is 0 Å². The molecule has 24 heavy (non-hydrogen) atoms. The summed E-state index contributed by atoms with van der Waals surface area (Å²) in [5.41, 5.74) is 1.96. The molecular formula is C17H20Cl2N2O2S. The van der Waals surface area contributed by atoms with E-state index in [0.717, 1.165) is 11.1 Å². The molecular weight excluding hydrogens is 367 g/mol. The molecule has 0 aliphatic heterocycles. The molecule has 0 aliphatic carbocycles. The number of halogens is 2. The first kappa shape index (κ1) is 19.2. The molecule has 1 N–H and O–H groups in total. The zero-order valence-electron chi connectivity index (χ0n) is 13.8. The van der Waals surface area contributed by atoms with Gasteiger partial charge in [-0.1, -0.05) is 41.4 Å². The molecule has 0 heterocycles. The largest absolute Gasteiger partial charge is 0.306 e. The number of rotatable bonds is 6. The highest BCUT2D eigenvalue weighted by Gasteiger charge is 2.17. The Bertz CT molecular complexity index is 806. The first-order valence-electron chi connectivity index (χ1n) is 7.41.